The van der Waals surface area contributed by atoms with Crippen LogP contribution in [0.2, 0.25) is 4.34 Å². The Balaban J connectivity index is 1.86. The molecule has 2 aromatic heterocycles. The van der Waals surface area contributed by atoms with Crippen LogP contribution in [0.25, 0.3) is 0 Å². The van der Waals surface area contributed by atoms with Crippen molar-refractivity contribution in [2.45, 2.75) is 25.9 Å². The first-order valence-corrected chi connectivity index (χ1v) is 8.22. The van der Waals surface area contributed by atoms with Gasteiger partial charge in [-0.05, 0) is 31.2 Å². The first kappa shape index (κ1) is 15.5. The molecule has 0 aliphatic carbocycles. The van der Waals surface area contributed by atoms with Crippen LogP contribution in [0.4, 0.5) is 0 Å². The summed E-state index contributed by atoms with van der Waals surface area (Å²) in [5.74, 6) is -0.201. The number of carbonyl (C=O) groups is 1. The van der Waals surface area contributed by atoms with Crippen LogP contribution in [0.5, 0.6) is 0 Å². The van der Waals surface area contributed by atoms with Gasteiger partial charge in [-0.3, -0.25) is 4.79 Å². The summed E-state index contributed by atoms with van der Waals surface area (Å²) >= 11 is 9.16. The molecule has 0 aromatic carbocycles. The highest BCUT2D eigenvalue weighted by Crippen LogP contribution is 2.27. The van der Waals surface area contributed by atoms with Crippen molar-refractivity contribution >= 4 is 40.2 Å². The summed E-state index contributed by atoms with van der Waals surface area (Å²) in [4.78, 5) is 14.7. The number of thiophene rings is 2. The van der Waals surface area contributed by atoms with Crippen molar-refractivity contribution in [2.75, 3.05) is 7.11 Å². The Hall–Kier alpha value is -0.880. The van der Waals surface area contributed by atoms with Crippen LogP contribution in [0, 0.1) is 0 Å². The van der Waals surface area contributed by atoms with E-state index in [0.717, 1.165) is 15.8 Å². The lowest BCUT2D eigenvalue weighted by atomic mass is 10.2. The van der Waals surface area contributed by atoms with Crippen LogP contribution in [-0.2, 0) is 22.5 Å². The Kier molecular flexibility index (Phi) is 5.60. The SMILES string of the molecule is COC(=O)Cc1ccc(CNC(C)c2ccc(Cl)s2)s1. The third-order valence-electron chi connectivity index (χ3n) is 2.87. The summed E-state index contributed by atoms with van der Waals surface area (Å²) in [6, 6.07) is 8.25. The number of ether oxygens (including phenoxy) is 1. The summed E-state index contributed by atoms with van der Waals surface area (Å²) in [6.07, 6.45) is 0.344. The van der Waals surface area contributed by atoms with Gasteiger partial charge in [-0.2, -0.15) is 0 Å². The predicted octanol–water partition coefficient (Wildman–Crippen LogP) is 4.03. The Morgan fingerprint density at radius 2 is 2.05 bits per heavy atom. The summed E-state index contributed by atoms with van der Waals surface area (Å²) in [7, 11) is 1.41. The lowest BCUT2D eigenvalue weighted by molar-refractivity contribution is -0.139. The molecule has 3 nitrogen and oxygen atoms in total. The lowest BCUT2D eigenvalue weighted by Crippen LogP contribution is -2.16. The zero-order valence-electron chi connectivity index (χ0n) is 11.3. The van der Waals surface area contributed by atoms with Gasteiger partial charge in [-0.1, -0.05) is 11.6 Å². The summed E-state index contributed by atoms with van der Waals surface area (Å²) in [5, 5.41) is 3.46. The fraction of sp³-hybridized carbons (Fsp3) is 0.357. The first-order chi connectivity index (χ1) is 9.58. The van der Waals surface area contributed by atoms with Crippen molar-refractivity contribution < 1.29 is 9.53 Å². The van der Waals surface area contributed by atoms with Crippen LogP contribution < -0.4 is 5.32 Å². The molecule has 0 saturated carbocycles. The molecule has 0 spiro atoms. The third-order valence-corrected chi connectivity index (χ3v) is 5.37. The molecule has 1 unspecified atom stereocenters. The molecule has 0 radical (unpaired) electrons. The molecular formula is C14H16ClNO2S2. The van der Waals surface area contributed by atoms with Gasteiger partial charge in [-0.15, -0.1) is 22.7 Å². The summed E-state index contributed by atoms with van der Waals surface area (Å²) < 4.78 is 5.47. The Labute approximate surface area is 131 Å². The van der Waals surface area contributed by atoms with E-state index in [4.69, 9.17) is 11.6 Å². The number of methoxy groups -OCH3 is 1. The van der Waals surface area contributed by atoms with E-state index in [0.29, 0.717) is 6.42 Å². The summed E-state index contributed by atoms with van der Waals surface area (Å²) in [5.41, 5.74) is 0. The first-order valence-electron chi connectivity index (χ1n) is 6.21. The number of hydrogen-bond acceptors (Lipinski definition) is 5. The van der Waals surface area contributed by atoms with Crippen LogP contribution in [-0.4, -0.2) is 13.1 Å². The highest BCUT2D eigenvalue weighted by atomic mass is 35.5. The molecule has 2 aromatic rings. The van der Waals surface area contributed by atoms with Gasteiger partial charge in [0.1, 0.15) is 0 Å². The number of hydrogen-bond donors (Lipinski definition) is 1. The van der Waals surface area contributed by atoms with Crippen LogP contribution >= 0.6 is 34.3 Å². The highest BCUT2D eigenvalue weighted by molar-refractivity contribution is 7.16. The molecule has 0 amide bonds. The molecule has 6 heteroatoms. The van der Waals surface area contributed by atoms with E-state index in [1.165, 1.54) is 16.9 Å². The van der Waals surface area contributed by atoms with Crippen LogP contribution in [0.3, 0.4) is 0 Å². The molecule has 0 saturated heterocycles. The van der Waals surface area contributed by atoms with Gasteiger partial charge < -0.3 is 10.1 Å². The second kappa shape index (κ2) is 7.22. The van der Waals surface area contributed by atoms with Gasteiger partial charge in [0.15, 0.2) is 0 Å². The van der Waals surface area contributed by atoms with Crippen molar-refractivity contribution in [3.63, 3.8) is 0 Å². The Morgan fingerprint density at radius 1 is 1.30 bits per heavy atom. The molecule has 20 heavy (non-hydrogen) atoms. The molecule has 0 bridgehead atoms. The predicted molar refractivity (Wildman–Crippen MR) is 84.6 cm³/mol. The van der Waals surface area contributed by atoms with Gasteiger partial charge in [0, 0.05) is 27.2 Å². The minimum Gasteiger partial charge on any atom is -0.469 e. The standard InChI is InChI=1S/C14H16ClNO2S2/c1-9(12-5-6-13(15)20-12)16-8-11-4-3-10(19-11)7-14(17)18-2/h3-6,9,16H,7-8H2,1-2H3. The minimum absolute atomic E-state index is 0.201. The zero-order chi connectivity index (χ0) is 14.5. The van der Waals surface area contributed by atoms with E-state index >= 15 is 0 Å². The maximum Gasteiger partial charge on any atom is 0.310 e. The van der Waals surface area contributed by atoms with Gasteiger partial charge in [-0.25, -0.2) is 0 Å². The maximum atomic E-state index is 11.2. The quantitative estimate of drug-likeness (QED) is 0.813. The fourth-order valence-corrected chi connectivity index (χ4v) is 3.78. The topological polar surface area (TPSA) is 38.3 Å². The largest absolute Gasteiger partial charge is 0.469 e. The van der Waals surface area contributed by atoms with Crippen LogP contribution in [0.15, 0.2) is 24.3 Å². The number of halogens is 1. The van der Waals surface area contributed by atoms with E-state index < -0.39 is 0 Å². The normalized spacial score (nSPS) is 12.3. The Morgan fingerprint density at radius 3 is 2.70 bits per heavy atom. The number of esters is 1. The van der Waals surface area contributed by atoms with Gasteiger partial charge in [0.05, 0.1) is 17.9 Å². The van der Waals surface area contributed by atoms with Crippen LogP contribution in [0.1, 0.15) is 27.6 Å². The average molecular weight is 330 g/mol. The minimum atomic E-state index is -0.201. The average Bonchev–Trinajstić information content (AvgIpc) is 3.05. The van der Waals surface area contributed by atoms with E-state index in [1.54, 1.807) is 22.7 Å². The number of nitrogens with one attached hydrogen (secondary N) is 1. The maximum absolute atomic E-state index is 11.2. The second-order valence-electron chi connectivity index (χ2n) is 4.37. The van der Waals surface area contributed by atoms with Crippen molar-refractivity contribution in [1.29, 1.82) is 0 Å². The fourth-order valence-electron chi connectivity index (χ4n) is 1.74. The zero-order valence-corrected chi connectivity index (χ0v) is 13.7. The molecule has 1 atom stereocenters. The molecule has 2 rings (SSSR count). The van der Waals surface area contributed by atoms with Crippen molar-refractivity contribution in [3.05, 3.63) is 43.2 Å². The molecule has 108 valence electrons. The molecule has 0 aliphatic heterocycles. The molecule has 0 aliphatic rings. The van der Waals surface area contributed by atoms with Gasteiger partial charge >= 0.3 is 5.97 Å². The van der Waals surface area contributed by atoms with E-state index in [9.17, 15) is 4.79 Å². The van der Waals surface area contributed by atoms with Crippen molar-refractivity contribution in [3.8, 4) is 0 Å². The highest BCUT2D eigenvalue weighted by Gasteiger charge is 2.10. The Bertz CT molecular complexity index is 579. The van der Waals surface area contributed by atoms with Gasteiger partial charge in [0.2, 0.25) is 0 Å². The van der Waals surface area contributed by atoms with E-state index in [-0.39, 0.29) is 12.0 Å². The number of rotatable bonds is 6. The second-order valence-corrected chi connectivity index (χ2v) is 7.36. The lowest BCUT2D eigenvalue weighted by Gasteiger charge is -2.10. The molecular weight excluding hydrogens is 314 g/mol. The summed E-state index contributed by atoms with van der Waals surface area (Å²) in [6.45, 7) is 2.90. The molecule has 0 fully saturated rings. The molecule has 2 heterocycles. The molecule has 1 N–H and O–H groups in total. The number of carbonyl (C=O) groups excluding carboxylic acids is 1. The van der Waals surface area contributed by atoms with E-state index in [1.807, 2.05) is 24.3 Å². The van der Waals surface area contributed by atoms with Gasteiger partial charge in [0.25, 0.3) is 0 Å². The third kappa shape index (κ3) is 4.31. The van der Waals surface area contributed by atoms with Crippen molar-refractivity contribution in [2.24, 2.45) is 0 Å². The van der Waals surface area contributed by atoms with Crippen molar-refractivity contribution in [1.82, 2.24) is 5.32 Å². The smallest absolute Gasteiger partial charge is 0.310 e. The van der Waals surface area contributed by atoms with E-state index in [2.05, 4.69) is 17.0 Å². The monoisotopic (exact) mass is 329 g/mol.